The minimum atomic E-state index is -1.11. The number of nitrogens with one attached hydrogen (secondary N) is 5. The second kappa shape index (κ2) is 34.6. The Bertz CT molecular complexity index is 2490. The van der Waals surface area contributed by atoms with Crippen molar-refractivity contribution in [1.82, 2.24) is 30.7 Å². The lowest BCUT2D eigenvalue weighted by Crippen LogP contribution is -2.60. The first-order valence-electron chi connectivity index (χ1n) is 28.4. The van der Waals surface area contributed by atoms with Gasteiger partial charge in [0.1, 0.15) is 31.6 Å². The molecule has 0 aromatic heterocycles. The Morgan fingerprint density at radius 1 is 0.843 bits per heavy atom. The van der Waals surface area contributed by atoms with Crippen LogP contribution in [0.5, 0.6) is 0 Å². The van der Waals surface area contributed by atoms with Crippen molar-refractivity contribution >= 4 is 74.9 Å². The highest BCUT2D eigenvalue weighted by Gasteiger charge is 2.44. The van der Waals surface area contributed by atoms with Crippen LogP contribution in [0.4, 0.5) is 21.0 Å². The number of nitrogens with zero attached hydrogens (tertiary/aromatic N) is 3. The van der Waals surface area contributed by atoms with Gasteiger partial charge in [-0.05, 0) is 66.9 Å². The van der Waals surface area contributed by atoms with E-state index >= 15 is 0 Å². The minimum absolute atomic E-state index is 0.0282. The van der Waals surface area contributed by atoms with Gasteiger partial charge < -0.3 is 64.6 Å². The Balaban J connectivity index is 1.46. The number of carbonyl (C=O) groups is 8. The third kappa shape index (κ3) is 20.5. The number of halogens is 1. The fourth-order valence-corrected chi connectivity index (χ4v) is 10.6. The van der Waals surface area contributed by atoms with Gasteiger partial charge in [0, 0.05) is 47.8 Å². The molecule has 0 radical (unpaired) electrons. The number of anilines is 2. The molecule has 1 unspecified atom stereocenters. The molecule has 2 aromatic carbocycles. The van der Waals surface area contributed by atoms with E-state index in [2.05, 4.69) is 42.5 Å². The summed E-state index contributed by atoms with van der Waals surface area (Å²) >= 11 is 3.07. The fraction of sp³-hybridized carbons (Fsp3) is 0.627. The molecule has 24 heteroatoms. The average molecular weight is 1230 g/mol. The van der Waals surface area contributed by atoms with Crippen molar-refractivity contribution in [2.45, 2.75) is 149 Å². The summed E-state index contributed by atoms with van der Waals surface area (Å²) < 4.78 is 33.8. The molecule has 23 nitrogen and oxygen atoms in total. The lowest BCUT2D eigenvalue weighted by Gasteiger charge is -2.41. The van der Waals surface area contributed by atoms with Crippen molar-refractivity contribution < 1.29 is 71.9 Å². The monoisotopic (exact) mass is 1230 g/mol. The smallest absolute Gasteiger partial charge is 0.412 e. The summed E-state index contributed by atoms with van der Waals surface area (Å²) in [7, 11) is 6.07. The molecule has 11 atom stereocenters. The zero-order valence-corrected chi connectivity index (χ0v) is 51.7. The maximum Gasteiger partial charge on any atom is 0.412 e. The van der Waals surface area contributed by atoms with E-state index in [0.29, 0.717) is 36.9 Å². The van der Waals surface area contributed by atoms with Crippen LogP contribution in [0.15, 0.2) is 60.7 Å². The van der Waals surface area contributed by atoms with Gasteiger partial charge in [-0.15, -0.1) is 0 Å². The molecule has 8 amide bonds. The summed E-state index contributed by atoms with van der Waals surface area (Å²) in [6.07, 6.45) is 0.233. The third-order valence-electron chi connectivity index (χ3n) is 15.1. The number of hydrogen-bond acceptors (Lipinski definition) is 15. The largest absolute Gasteiger partial charge is 0.445 e. The van der Waals surface area contributed by atoms with Gasteiger partial charge in [0.05, 0.1) is 78.7 Å². The van der Waals surface area contributed by atoms with Crippen LogP contribution in [0.1, 0.15) is 105 Å². The molecular formula is C59H89BrN8O15. The van der Waals surface area contributed by atoms with E-state index in [1.54, 1.807) is 88.7 Å². The van der Waals surface area contributed by atoms with Gasteiger partial charge in [-0.3, -0.25) is 39.0 Å². The number of benzene rings is 2. The Morgan fingerprint density at radius 2 is 1.55 bits per heavy atom. The first-order chi connectivity index (χ1) is 39.5. The number of hydrogen-bond donors (Lipinski definition) is 6. The molecule has 2 aliphatic heterocycles. The van der Waals surface area contributed by atoms with E-state index in [1.165, 1.54) is 33.4 Å². The second-order valence-corrected chi connectivity index (χ2v) is 22.4. The molecular weight excluding hydrogens is 1140 g/mol. The summed E-state index contributed by atoms with van der Waals surface area (Å²) in [6.45, 7) is 15.0. The first-order valence-corrected chi connectivity index (χ1v) is 29.5. The van der Waals surface area contributed by atoms with Crippen molar-refractivity contribution in [3.8, 4) is 0 Å². The van der Waals surface area contributed by atoms with E-state index in [-0.39, 0.29) is 86.3 Å². The van der Waals surface area contributed by atoms with Crippen LogP contribution in [0.25, 0.3) is 0 Å². The van der Waals surface area contributed by atoms with Crippen molar-refractivity contribution in [3.63, 3.8) is 0 Å². The van der Waals surface area contributed by atoms with Crippen LogP contribution in [0, 0.1) is 23.7 Å². The van der Waals surface area contributed by atoms with Crippen molar-refractivity contribution in [3.05, 3.63) is 71.8 Å². The van der Waals surface area contributed by atoms with Crippen molar-refractivity contribution in [1.29, 1.82) is 0 Å². The Hall–Kier alpha value is -6.18. The maximum atomic E-state index is 14.8. The average Bonchev–Trinajstić information content (AvgIpc) is 4.15. The Morgan fingerprint density at radius 3 is 2.19 bits per heavy atom. The van der Waals surface area contributed by atoms with Gasteiger partial charge >= 0.3 is 12.2 Å². The molecule has 462 valence electrons. The van der Waals surface area contributed by atoms with Gasteiger partial charge in [-0.1, -0.05) is 113 Å². The van der Waals surface area contributed by atoms with Crippen molar-refractivity contribution in [2.75, 3.05) is 77.4 Å². The lowest BCUT2D eigenvalue weighted by molar-refractivity contribution is -0.148. The van der Waals surface area contributed by atoms with Gasteiger partial charge in [0.2, 0.25) is 35.4 Å². The van der Waals surface area contributed by atoms with Crippen LogP contribution in [-0.2, 0) is 63.8 Å². The number of ether oxygens (including phenoxy) is 6. The quantitative estimate of drug-likeness (QED) is 0.0409. The van der Waals surface area contributed by atoms with E-state index in [4.69, 9.17) is 28.4 Å². The maximum absolute atomic E-state index is 14.8. The number of alkyl halides is 1. The number of aliphatic hydroxyl groups excluding tert-OH is 1. The standard InChI is InChI=1S/C59H89BrN8O15/c1-13-37(6)52(46(78-11)30-49(71)68-27-17-22-45(68)54(79-12)38(7)55(73)62-39(8)53(72)41-19-15-14-16-20-41)66(9)57(75)50(35(2)3)65-56(74)51(36(4)5)67(10)59(77)82-32-40-23-24-43(44(29-40)63-47(69)25-26-61-48(70)31-60)64-58(76)83-42-21-18-28-80-34-81-33-42/h14-16,18-21,23-24,29,35-39,42,45-46,50-54,72H,13,17,22,25-28,30-34H2,1-12H3,(H,61,70)(H,62,73)(H,63,69)(H,64,76)(H,65,74)/b21-18+/t37-,38+,39+,42?,45-,46+,50+,51-,52-,53+,54+/m0/s1. The predicted molar refractivity (Wildman–Crippen MR) is 315 cm³/mol. The summed E-state index contributed by atoms with van der Waals surface area (Å²) in [5.41, 5.74) is 1.37. The molecule has 2 aliphatic rings. The molecule has 0 spiro atoms. The van der Waals surface area contributed by atoms with E-state index < -0.39 is 102 Å². The van der Waals surface area contributed by atoms with E-state index in [1.807, 2.05) is 32.0 Å². The SMILES string of the molecule is CC[C@H](C)[C@@H]([C@@H](CC(=O)N1CCC[C@H]1[C@H](OC)[C@@H](C)C(=O)N[C@H](C)[C@@H](O)c1ccccc1)OC)N(C)C(=O)[C@H](NC(=O)[C@H](C(C)C)N(C)C(=O)OCc1ccc(NC(=O)OC2/C=C/COCOC2)c(NC(=O)CCNC(=O)CBr)c1)C(C)C. The number of likely N-dealkylation sites (N-methyl/N-ethyl adjacent to an activating group) is 2. The summed E-state index contributed by atoms with van der Waals surface area (Å²) in [4.78, 5) is 113. The molecule has 2 heterocycles. The number of amides is 8. The molecule has 4 rings (SSSR count). The molecule has 2 aromatic rings. The Labute approximate surface area is 497 Å². The van der Waals surface area contributed by atoms with Gasteiger partial charge in [-0.2, -0.15) is 0 Å². The van der Waals surface area contributed by atoms with Crippen LogP contribution >= 0.6 is 15.9 Å². The molecule has 83 heavy (non-hydrogen) atoms. The number of likely N-dealkylation sites (tertiary alicyclic amines) is 1. The first kappa shape index (κ1) is 69.3. The minimum Gasteiger partial charge on any atom is -0.445 e. The highest BCUT2D eigenvalue weighted by atomic mass is 79.9. The van der Waals surface area contributed by atoms with Gasteiger partial charge in [0.15, 0.2) is 0 Å². The topological polar surface area (TPSA) is 282 Å². The van der Waals surface area contributed by atoms with E-state index in [9.17, 15) is 43.5 Å². The van der Waals surface area contributed by atoms with Crippen LogP contribution in [-0.4, -0.2) is 183 Å². The molecule has 0 aliphatic carbocycles. The lowest BCUT2D eigenvalue weighted by atomic mass is 9.89. The molecule has 0 saturated carbocycles. The summed E-state index contributed by atoms with van der Waals surface area (Å²) in [6, 6.07) is 9.79. The normalized spacial score (nSPS) is 19.0. The van der Waals surface area contributed by atoms with Gasteiger partial charge in [0.25, 0.3) is 0 Å². The van der Waals surface area contributed by atoms with Crippen LogP contribution in [0.2, 0.25) is 0 Å². The van der Waals surface area contributed by atoms with Crippen molar-refractivity contribution in [2.24, 2.45) is 23.7 Å². The van der Waals surface area contributed by atoms with Crippen LogP contribution in [0.3, 0.4) is 0 Å². The fourth-order valence-electron chi connectivity index (χ4n) is 10.4. The molecule has 6 N–H and O–H groups in total. The number of carbonyl (C=O) groups excluding carboxylic acids is 8. The van der Waals surface area contributed by atoms with E-state index in [0.717, 1.165) is 4.90 Å². The molecule has 1 fully saturated rings. The zero-order chi connectivity index (χ0) is 61.5. The highest BCUT2D eigenvalue weighted by Crippen LogP contribution is 2.31. The zero-order valence-electron chi connectivity index (χ0n) is 50.1. The number of aliphatic hydroxyl groups is 1. The number of methoxy groups -OCH3 is 2. The highest BCUT2D eigenvalue weighted by molar-refractivity contribution is 9.09. The third-order valence-corrected chi connectivity index (χ3v) is 15.6. The Kier molecular flexibility index (Phi) is 28.9. The molecule has 1 saturated heterocycles. The van der Waals surface area contributed by atoms with Gasteiger partial charge in [-0.25, -0.2) is 9.59 Å². The summed E-state index contributed by atoms with van der Waals surface area (Å²) in [5, 5.41) is 24.8. The predicted octanol–water partition coefficient (Wildman–Crippen LogP) is 5.90. The molecule has 0 bridgehead atoms. The van der Waals surface area contributed by atoms with Crippen LogP contribution < -0.4 is 26.6 Å². The summed E-state index contributed by atoms with van der Waals surface area (Å²) in [5.74, 6) is -4.13. The second-order valence-electron chi connectivity index (χ2n) is 21.8. The number of rotatable bonds is 29.